The van der Waals surface area contributed by atoms with Crippen LogP contribution in [0.3, 0.4) is 0 Å². The third-order valence-corrected chi connectivity index (χ3v) is 2.72. The molecule has 0 spiro atoms. The molecule has 0 radical (unpaired) electrons. The van der Waals surface area contributed by atoms with Crippen LogP contribution in [0, 0.1) is 0 Å². The van der Waals surface area contributed by atoms with E-state index in [-0.39, 0.29) is 5.78 Å². The molecule has 2 rings (SSSR count). The Morgan fingerprint density at radius 3 is 3.29 bits per heavy atom. The lowest BCUT2D eigenvalue weighted by Crippen LogP contribution is -2.14. The number of hydrogen-bond acceptors (Lipinski definition) is 2. The molecule has 1 aliphatic rings. The van der Waals surface area contributed by atoms with Crippen molar-refractivity contribution in [1.82, 2.24) is 9.78 Å². The van der Waals surface area contributed by atoms with Gasteiger partial charge in [-0.1, -0.05) is 6.08 Å². The first-order valence-corrected chi connectivity index (χ1v) is 4.90. The van der Waals surface area contributed by atoms with Gasteiger partial charge in [0.05, 0.1) is 11.3 Å². The maximum atomic E-state index is 11.6. The normalized spacial score (nSPS) is 20.6. The largest absolute Gasteiger partial charge is 0.294 e. The average Bonchev–Trinajstić information content (AvgIpc) is 2.53. The second kappa shape index (κ2) is 3.40. The van der Waals surface area contributed by atoms with Crippen molar-refractivity contribution < 1.29 is 4.79 Å². The number of allylic oxidation sites excluding steroid dienone is 1. The van der Waals surface area contributed by atoms with Gasteiger partial charge < -0.3 is 0 Å². The Labute approximate surface area is 83.4 Å². The highest BCUT2D eigenvalue weighted by molar-refractivity contribution is 5.98. The van der Waals surface area contributed by atoms with Crippen molar-refractivity contribution in [3.63, 3.8) is 0 Å². The Balaban J connectivity index is 2.40. The molecule has 3 nitrogen and oxygen atoms in total. The van der Waals surface area contributed by atoms with Crippen molar-refractivity contribution in [2.75, 3.05) is 0 Å². The summed E-state index contributed by atoms with van der Waals surface area (Å²) in [6.07, 6.45) is 6.20. The molecule has 0 N–H and O–H groups in total. The topological polar surface area (TPSA) is 34.9 Å². The van der Waals surface area contributed by atoms with Crippen LogP contribution >= 0.6 is 0 Å². The van der Waals surface area contributed by atoms with Gasteiger partial charge in [0, 0.05) is 25.6 Å². The predicted octanol–water partition coefficient (Wildman–Crippen LogP) is 2.06. The number of hydrogen-bond donors (Lipinski definition) is 0. The van der Waals surface area contributed by atoms with E-state index in [9.17, 15) is 4.79 Å². The van der Waals surface area contributed by atoms with Crippen LogP contribution in [0.2, 0.25) is 0 Å². The average molecular weight is 190 g/mol. The first-order chi connectivity index (χ1) is 6.72. The zero-order valence-electron chi connectivity index (χ0n) is 8.36. The van der Waals surface area contributed by atoms with E-state index in [1.165, 1.54) is 0 Å². The first-order valence-electron chi connectivity index (χ1n) is 4.90. The third kappa shape index (κ3) is 1.39. The van der Waals surface area contributed by atoms with E-state index in [0.29, 0.717) is 12.3 Å². The highest BCUT2D eigenvalue weighted by Gasteiger charge is 2.27. The number of aryl methyl sites for hydroxylation is 1. The molecule has 1 heterocycles. The van der Waals surface area contributed by atoms with Crippen LogP contribution in [0.25, 0.3) is 0 Å². The highest BCUT2D eigenvalue weighted by Crippen LogP contribution is 2.32. The van der Waals surface area contributed by atoms with Gasteiger partial charge in [-0.2, -0.15) is 5.10 Å². The van der Waals surface area contributed by atoms with Crippen molar-refractivity contribution in [3.05, 3.63) is 30.1 Å². The summed E-state index contributed by atoms with van der Waals surface area (Å²) in [5, 5.41) is 4.35. The van der Waals surface area contributed by atoms with Crippen LogP contribution in [0.15, 0.2) is 18.9 Å². The number of fused-ring (bicyclic) bond motifs is 1. The number of rotatable bonds is 2. The number of Topliss-reactive ketones (excluding diaryl/α,β-unsaturated/α-hetero) is 1. The highest BCUT2D eigenvalue weighted by atomic mass is 16.1. The molecule has 0 aromatic carbocycles. The molecule has 1 aromatic heterocycles. The molecule has 1 unspecified atom stereocenters. The summed E-state index contributed by atoms with van der Waals surface area (Å²) in [6, 6.07) is 0. The van der Waals surface area contributed by atoms with Crippen LogP contribution in [0.5, 0.6) is 0 Å². The minimum atomic E-state index is 0.230. The lowest BCUT2D eigenvalue weighted by Gasteiger charge is -2.18. The molecule has 0 saturated heterocycles. The molecule has 0 bridgehead atoms. The number of nitrogens with zero attached hydrogens (tertiary/aromatic N) is 2. The van der Waals surface area contributed by atoms with E-state index in [1.807, 2.05) is 19.3 Å². The SMILES string of the molecule is C=CCC1CCC(=O)c2cn(C)nc21. The van der Waals surface area contributed by atoms with Crippen LogP contribution < -0.4 is 0 Å². The van der Waals surface area contributed by atoms with Gasteiger partial charge in [0.2, 0.25) is 0 Å². The number of carbonyl (C=O) groups is 1. The van der Waals surface area contributed by atoms with Gasteiger partial charge in [-0.3, -0.25) is 9.48 Å². The van der Waals surface area contributed by atoms with Gasteiger partial charge in [-0.05, 0) is 12.8 Å². The zero-order chi connectivity index (χ0) is 10.1. The number of aromatic nitrogens is 2. The Morgan fingerprint density at radius 2 is 2.57 bits per heavy atom. The summed E-state index contributed by atoms with van der Waals surface area (Å²) in [5.74, 6) is 0.620. The summed E-state index contributed by atoms with van der Waals surface area (Å²) in [4.78, 5) is 11.6. The minimum Gasteiger partial charge on any atom is -0.294 e. The summed E-state index contributed by atoms with van der Waals surface area (Å²) in [5.41, 5.74) is 1.77. The molecule has 0 aliphatic heterocycles. The Hall–Kier alpha value is -1.38. The smallest absolute Gasteiger partial charge is 0.166 e. The molecule has 1 atom stereocenters. The van der Waals surface area contributed by atoms with Crippen molar-refractivity contribution in [3.8, 4) is 0 Å². The van der Waals surface area contributed by atoms with E-state index < -0.39 is 0 Å². The maximum absolute atomic E-state index is 11.6. The van der Waals surface area contributed by atoms with Crippen LogP contribution in [-0.2, 0) is 7.05 Å². The number of carbonyl (C=O) groups excluding carboxylic acids is 1. The van der Waals surface area contributed by atoms with Crippen molar-refractivity contribution >= 4 is 5.78 Å². The van der Waals surface area contributed by atoms with Crippen molar-refractivity contribution in [1.29, 1.82) is 0 Å². The molecular weight excluding hydrogens is 176 g/mol. The van der Waals surface area contributed by atoms with E-state index in [4.69, 9.17) is 0 Å². The fourth-order valence-electron chi connectivity index (χ4n) is 2.03. The molecule has 1 aliphatic carbocycles. The molecular formula is C11H14N2O. The molecule has 0 saturated carbocycles. The summed E-state index contributed by atoms with van der Waals surface area (Å²) < 4.78 is 1.73. The second-order valence-corrected chi connectivity index (χ2v) is 3.78. The monoisotopic (exact) mass is 190 g/mol. The standard InChI is InChI=1S/C11H14N2O/c1-3-4-8-5-6-10(14)9-7-13(2)12-11(8)9/h3,7-8H,1,4-6H2,2H3. The van der Waals surface area contributed by atoms with Gasteiger partial charge in [0.1, 0.15) is 0 Å². The predicted molar refractivity (Wildman–Crippen MR) is 54.3 cm³/mol. The quantitative estimate of drug-likeness (QED) is 0.669. The van der Waals surface area contributed by atoms with Crippen LogP contribution in [0.1, 0.15) is 41.2 Å². The van der Waals surface area contributed by atoms with E-state index in [2.05, 4.69) is 11.7 Å². The zero-order valence-corrected chi connectivity index (χ0v) is 8.36. The third-order valence-electron chi connectivity index (χ3n) is 2.72. The Bertz CT molecular complexity index is 379. The molecule has 1 aromatic rings. The summed E-state index contributed by atoms with van der Waals surface area (Å²) >= 11 is 0. The first kappa shape index (κ1) is 9.19. The number of ketones is 1. The van der Waals surface area contributed by atoms with Crippen molar-refractivity contribution in [2.45, 2.75) is 25.2 Å². The second-order valence-electron chi connectivity index (χ2n) is 3.78. The molecule has 74 valence electrons. The molecule has 0 fully saturated rings. The van der Waals surface area contributed by atoms with Gasteiger partial charge in [0.25, 0.3) is 0 Å². The van der Waals surface area contributed by atoms with E-state index in [1.54, 1.807) is 4.68 Å². The van der Waals surface area contributed by atoms with Gasteiger partial charge in [0.15, 0.2) is 5.78 Å². The fraction of sp³-hybridized carbons (Fsp3) is 0.455. The Kier molecular flexibility index (Phi) is 2.23. The van der Waals surface area contributed by atoms with E-state index in [0.717, 1.165) is 24.1 Å². The maximum Gasteiger partial charge on any atom is 0.166 e. The molecule has 14 heavy (non-hydrogen) atoms. The van der Waals surface area contributed by atoms with Crippen LogP contribution in [-0.4, -0.2) is 15.6 Å². The Morgan fingerprint density at radius 1 is 1.79 bits per heavy atom. The van der Waals surface area contributed by atoms with Gasteiger partial charge in [-0.25, -0.2) is 0 Å². The molecule has 3 heteroatoms. The van der Waals surface area contributed by atoms with Crippen LogP contribution in [0.4, 0.5) is 0 Å². The lowest BCUT2D eigenvalue weighted by molar-refractivity contribution is 0.0967. The van der Waals surface area contributed by atoms with Gasteiger partial charge in [-0.15, -0.1) is 6.58 Å². The summed E-state index contributed by atoms with van der Waals surface area (Å²) in [7, 11) is 1.86. The minimum absolute atomic E-state index is 0.230. The fourth-order valence-corrected chi connectivity index (χ4v) is 2.03. The van der Waals surface area contributed by atoms with E-state index >= 15 is 0 Å². The lowest BCUT2D eigenvalue weighted by atomic mass is 9.85. The van der Waals surface area contributed by atoms with Gasteiger partial charge >= 0.3 is 0 Å². The summed E-state index contributed by atoms with van der Waals surface area (Å²) in [6.45, 7) is 3.73. The van der Waals surface area contributed by atoms with Crippen molar-refractivity contribution in [2.24, 2.45) is 7.05 Å². The molecule has 0 amide bonds.